The molecule has 0 fully saturated rings. The molecule has 0 bridgehead atoms. The van der Waals surface area contributed by atoms with E-state index in [1.54, 1.807) is 0 Å². The normalized spacial score (nSPS) is 12.8. The molecule has 0 spiro atoms. The molecule has 1 unspecified atom stereocenters. The molecule has 1 atom stereocenters. The van der Waals surface area contributed by atoms with Crippen molar-refractivity contribution >= 4 is 5.91 Å². The van der Waals surface area contributed by atoms with Crippen LogP contribution in [-0.4, -0.2) is 55.0 Å². The first-order valence-electron chi connectivity index (χ1n) is 7.29. The summed E-state index contributed by atoms with van der Waals surface area (Å²) in [7, 11) is 0. The largest absolute Gasteiger partial charge is 0.343 e. The summed E-state index contributed by atoms with van der Waals surface area (Å²) < 4.78 is 0. The quantitative estimate of drug-likeness (QED) is 0.646. The molecule has 0 aliphatic carbocycles. The highest BCUT2D eigenvalue weighted by Gasteiger charge is 2.14. The van der Waals surface area contributed by atoms with Crippen LogP contribution in [0, 0.1) is 5.92 Å². The van der Waals surface area contributed by atoms with E-state index < -0.39 is 0 Å². The summed E-state index contributed by atoms with van der Waals surface area (Å²) in [5, 5.41) is 0. The third kappa shape index (κ3) is 6.97. The molecule has 18 heavy (non-hydrogen) atoms. The lowest BCUT2D eigenvalue weighted by Crippen LogP contribution is -2.35. The van der Waals surface area contributed by atoms with Crippen LogP contribution in [0.4, 0.5) is 0 Å². The van der Waals surface area contributed by atoms with Crippen molar-refractivity contribution in [3.05, 3.63) is 0 Å². The number of nitrogens with zero attached hydrogens (tertiary/aromatic N) is 2. The van der Waals surface area contributed by atoms with Crippen LogP contribution in [0.3, 0.4) is 0 Å². The topological polar surface area (TPSA) is 49.6 Å². The zero-order valence-corrected chi connectivity index (χ0v) is 12.6. The lowest BCUT2D eigenvalue weighted by atomic mass is 10.1. The molecule has 4 nitrogen and oxygen atoms in total. The van der Waals surface area contributed by atoms with Gasteiger partial charge in [0.1, 0.15) is 0 Å². The van der Waals surface area contributed by atoms with E-state index in [2.05, 4.69) is 18.7 Å². The van der Waals surface area contributed by atoms with Gasteiger partial charge < -0.3 is 15.5 Å². The molecule has 2 N–H and O–H groups in total. The molecule has 0 saturated carbocycles. The Hall–Kier alpha value is -0.610. The molecule has 0 radical (unpaired) electrons. The van der Waals surface area contributed by atoms with Crippen LogP contribution in [0.25, 0.3) is 0 Å². The SMILES string of the molecule is CCN(CC)CCCN(CC)C(=O)CC(C)CN. The number of hydrogen-bond acceptors (Lipinski definition) is 3. The molecule has 4 heteroatoms. The Morgan fingerprint density at radius 1 is 1.11 bits per heavy atom. The maximum absolute atomic E-state index is 12.0. The Labute approximate surface area is 113 Å². The molecule has 0 aromatic carbocycles. The monoisotopic (exact) mass is 257 g/mol. The summed E-state index contributed by atoms with van der Waals surface area (Å²) in [5.74, 6) is 0.532. The van der Waals surface area contributed by atoms with Crippen molar-refractivity contribution in [1.82, 2.24) is 9.80 Å². The van der Waals surface area contributed by atoms with Gasteiger partial charge in [0.05, 0.1) is 0 Å². The Balaban J connectivity index is 3.99. The maximum Gasteiger partial charge on any atom is 0.222 e. The van der Waals surface area contributed by atoms with E-state index in [9.17, 15) is 4.79 Å². The number of carbonyl (C=O) groups excluding carboxylic acids is 1. The minimum Gasteiger partial charge on any atom is -0.343 e. The lowest BCUT2D eigenvalue weighted by molar-refractivity contribution is -0.131. The van der Waals surface area contributed by atoms with Gasteiger partial charge in [0.25, 0.3) is 0 Å². The van der Waals surface area contributed by atoms with Crippen molar-refractivity contribution in [2.45, 2.75) is 40.5 Å². The molecule has 0 heterocycles. The van der Waals surface area contributed by atoms with Crippen LogP contribution in [0.5, 0.6) is 0 Å². The van der Waals surface area contributed by atoms with Crippen molar-refractivity contribution in [2.24, 2.45) is 11.7 Å². The van der Waals surface area contributed by atoms with Crippen LogP contribution in [0.1, 0.15) is 40.5 Å². The first kappa shape index (κ1) is 17.4. The third-order valence-corrected chi connectivity index (χ3v) is 3.46. The summed E-state index contributed by atoms with van der Waals surface area (Å²) >= 11 is 0. The number of amides is 1. The van der Waals surface area contributed by atoms with Crippen LogP contribution < -0.4 is 5.73 Å². The molecule has 0 aromatic rings. The summed E-state index contributed by atoms with van der Waals surface area (Å²) in [5.41, 5.74) is 5.56. The van der Waals surface area contributed by atoms with Gasteiger partial charge in [0, 0.05) is 19.5 Å². The van der Waals surface area contributed by atoms with Crippen molar-refractivity contribution in [3.8, 4) is 0 Å². The molecule has 0 saturated heterocycles. The Kier molecular flexibility index (Phi) is 9.98. The molecule has 0 rings (SSSR count). The van der Waals surface area contributed by atoms with E-state index in [0.717, 1.165) is 39.1 Å². The van der Waals surface area contributed by atoms with Gasteiger partial charge in [-0.05, 0) is 45.4 Å². The Morgan fingerprint density at radius 2 is 1.72 bits per heavy atom. The van der Waals surface area contributed by atoms with Crippen molar-refractivity contribution < 1.29 is 4.79 Å². The average molecular weight is 257 g/mol. The van der Waals surface area contributed by atoms with Gasteiger partial charge >= 0.3 is 0 Å². The Bertz CT molecular complexity index is 217. The van der Waals surface area contributed by atoms with Crippen LogP contribution >= 0.6 is 0 Å². The second-order valence-electron chi connectivity index (χ2n) is 4.90. The highest BCUT2D eigenvalue weighted by molar-refractivity contribution is 5.76. The van der Waals surface area contributed by atoms with Crippen molar-refractivity contribution in [3.63, 3.8) is 0 Å². The lowest BCUT2D eigenvalue weighted by Gasteiger charge is -2.24. The van der Waals surface area contributed by atoms with E-state index in [-0.39, 0.29) is 11.8 Å². The third-order valence-electron chi connectivity index (χ3n) is 3.46. The summed E-state index contributed by atoms with van der Waals surface area (Å²) in [6.07, 6.45) is 1.63. The van der Waals surface area contributed by atoms with Crippen LogP contribution in [-0.2, 0) is 4.79 Å². The minimum atomic E-state index is 0.245. The Morgan fingerprint density at radius 3 is 2.17 bits per heavy atom. The maximum atomic E-state index is 12.0. The van der Waals surface area contributed by atoms with Crippen LogP contribution in [0.2, 0.25) is 0 Å². The zero-order valence-electron chi connectivity index (χ0n) is 12.6. The standard InChI is InChI=1S/C14H31N3O/c1-5-16(6-2)9-8-10-17(7-3)14(18)11-13(4)12-15/h13H,5-12,15H2,1-4H3. The number of carbonyl (C=O) groups is 1. The smallest absolute Gasteiger partial charge is 0.222 e. The fourth-order valence-electron chi connectivity index (χ4n) is 1.99. The highest BCUT2D eigenvalue weighted by atomic mass is 16.2. The summed E-state index contributed by atoms with van der Waals surface area (Å²) in [6, 6.07) is 0. The molecule has 0 aliphatic rings. The van der Waals surface area contributed by atoms with E-state index >= 15 is 0 Å². The second kappa shape index (κ2) is 10.3. The molecule has 0 aromatic heterocycles. The first-order chi connectivity index (χ1) is 8.58. The van der Waals surface area contributed by atoms with Crippen molar-refractivity contribution in [1.29, 1.82) is 0 Å². The van der Waals surface area contributed by atoms with Crippen LogP contribution in [0.15, 0.2) is 0 Å². The van der Waals surface area contributed by atoms with Gasteiger partial charge in [-0.1, -0.05) is 20.8 Å². The first-order valence-corrected chi connectivity index (χ1v) is 7.29. The highest BCUT2D eigenvalue weighted by Crippen LogP contribution is 2.05. The average Bonchev–Trinajstić information content (AvgIpc) is 2.38. The van der Waals surface area contributed by atoms with E-state index in [1.165, 1.54) is 0 Å². The summed E-state index contributed by atoms with van der Waals surface area (Å²) in [6.45, 7) is 13.9. The van der Waals surface area contributed by atoms with Gasteiger partial charge in [-0.25, -0.2) is 0 Å². The fourth-order valence-corrected chi connectivity index (χ4v) is 1.99. The predicted octanol–water partition coefficient (Wildman–Crippen LogP) is 1.55. The number of hydrogen-bond donors (Lipinski definition) is 1. The minimum absolute atomic E-state index is 0.245. The zero-order chi connectivity index (χ0) is 14.0. The van der Waals surface area contributed by atoms with Crippen molar-refractivity contribution in [2.75, 3.05) is 39.3 Å². The molecule has 0 aliphatic heterocycles. The molecule has 1 amide bonds. The number of nitrogens with two attached hydrogens (primary N) is 1. The van der Waals surface area contributed by atoms with Gasteiger partial charge in [-0.3, -0.25) is 4.79 Å². The van der Waals surface area contributed by atoms with E-state index in [0.29, 0.717) is 13.0 Å². The van der Waals surface area contributed by atoms with Gasteiger partial charge in [0.2, 0.25) is 5.91 Å². The predicted molar refractivity (Wildman–Crippen MR) is 77.5 cm³/mol. The molecular formula is C14H31N3O. The van der Waals surface area contributed by atoms with Gasteiger partial charge in [-0.2, -0.15) is 0 Å². The summed E-state index contributed by atoms with van der Waals surface area (Å²) in [4.78, 5) is 16.4. The van der Waals surface area contributed by atoms with Gasteiger partial charge in [0.15, 0.2) is 0 Å². The fraction of sp³-hybridized carbons (Fsp3) is 0.929. The second-order valence-corrected chi connectivity index (χ2v) is 4.90. The number of rotatable bonds is 10. The van der Waals surface area contributed by atoms with E-state index in [4.69, 9.17) is 5.73 Å². The van der Waals surface area contributed by atoms with Gasteiger partial charge in [-0.15, -0.1) is 0 Å². The molecular weight excluding hydrogens is 226 g/mol. The molecule has 108 valence electrons. The van der Waals surface area contributed by atoms with E-state index in [1.807, 2.05) is 18.7 Å².